The van der Waals surface area contributed by atoms with Gasteiger partial charge in [-0.05, 0) is 30.9 Å². The van der Waals surface area contributed by atoms with E-state index in [4.69, 9.17) is 4.74 Å². The van der Waals surface area contributed by atoms with E-state index in [2.05, 4.69) is 18.9 Å². The number of fused-ring (bicyclic) bond motifs is 1. The number of aryl methyl sites for hydroxylation is 1. The first-order valence-corrected chi connectivity index (χ1v) is 9.76. The molecule has 6 nitrogen and oxygen atoms in total. The van der Waals surface area contributed by atoms with Gasteiger partial charge in [0.15, 0.2) is 18.1 Å². The first kappa shape index (κ1) is 20.5. The Morgan fingerprint density at radius 3 is 2.31 bits per heavy atom. The number of carbonyl (C=O) groups excluding carboxylic acids is 2. The number of nitrogens with zero attached hydrogens (tertiary/aromatic N) is 2. The second-order valence-corrected chi connectivity index (χ2v) is 6.95. The number of hydrogen-bond donors (Lipinski definition) is 0. The fourth-order valence-electron chi connectivity index (χ4n) is 3.12. The highest BCUT2D eigenvalue weighted by Crippen LogP contribution is 2.19. The minimum absolute atomic E-state index is 0.0296. The number of rotatable bonds is 7. The Bertz CT molecular complexity index is 1100. The van der Waals surface area contributed by atoms with Crippen LogP contribution < -0.4 is 5.56 Å². The molecule has 1 atom stereocenters. The predicted octanol–water partition coefficient (Wildman–Crippen LogP) is 3.97. The molecule has 29 heavy (non-hydrogen) atoms. The molecular formula is C23H24N2O4. The summed E-state index contributed by atoms with van der Waals surface area (Å²) in [7, 11) is 0. The zero-order chi connectivity index (χ0) is 21.0. The van der Waals surface area contributed by atoms with Gasteiger partial charge in [0.2, 0.25) is 0 Å². The zero-order valence-electron chi connectivity index (χ0n) is 16.8. The monoisotopic (exact) mass is 392 g/mol. The van der Waals surface area contributed by atoms with Crippen LogP contribution in [0.25, 0.3) is 10.8 Å². The lowest BCUT2D eigenvalue weighted by Crippen LogP contribution is -2.26. The SMILES string of the molecule is CC[C@H](C)c1ccc(C(=O)COC(=O)c2nn(CC)c(=O)c3ccccc23)cc1. The van der Waals surface area contributed by atoms with E-state index in [-0.39, 0.29) is 23.6 Å². The first-order chi connectivity index (χ1) is 14.0. The normalized spacial score (nSPS) is 12.0. The van der Waals surface area contributed by atoms with Crippen LogP contribution in [0.4, 0.5) is 0 Å². The highest BCUT2D eigenvalue weighted by molar-refractivity contribution is 6.04. The molecule has 1 aromatic heterocycles. The van der Waals surface area contributed by atoms with E-state index in [9.17, 15) is 14.4 Å². The highest BCUT2D eigenvalue weighted by Gasteiger charge is 2.19. The maximum atomic E-state index is 12.6. The zero-order valence-corrected chi connectivity index (χ0v) is 16.8. The third-order valence-electron chi connectivity index (χ3n) is 5.11. The van der Waals surface area contributed by atoms with E-state index in [0.717, 1.165) is 6.42 Å². The maximum absolute atomic E-state index is 12.6. The van der Waals surface area contributed by atoms with E-state index in [0.29, 0.717) is 28.8 Å². The van der Waals surface area contributed by atoms with Crippen LogP contribution in [0.5, 0.6) is 0 Å². The summed E-state index contributed by atoms with van der Waals surface area (Å²) in [5, 5.41) is 4.93. The summed E-state index contributed by atoms with van der Waals surface area (Å²) in [5.74, 6) is -0.597. The topological polar surface area (TPSA) is 78.3 Å². The van der Waals surface area contributed by atoms with Crippen LogP contribution in [0.3, 0.4) is 0 Å². The van der Waals surface area contributed by atoms with Crippen molar-refractivity contribution < 1.29 is 14.3 Å². The number of ether oxygens (including phenoxy) is 1. The van der Waals surface area contributed by atoms with Crippen molar-refractivity contribution in [1.29, 1.82) is 0 Å². The van der Waals surface area contributed by atoms with Crippen molar-refractivity contribution in [3.63, 3.8) is 0 Å². The molecule has 1 heterocycles. The van der Waals surface area contributed by atoms with Gasteiger partial charge in [-0.1, -0.05) is 56.3 Å². The van der Waals surface area contributed by atoms with Crippen molar-refractivity contribution in [2.24, 2.45) is 0 Å². The summed E-state index contributed by atoms with van der Waals surface area (Å²) in [5.41, 5.74) is 1.42. The fraction of sp³-hybridized carbons (Fsp3) is 0.304. The van der Waals surface area contributed by atoms with Gasteiger partial charge in [-0.3, -0.25) is 9.59 Å². The molecule has 0 aliphatic carbocycles. The number of benzene rings is 2. The Hall–Kier alpha value is -3.28. The average molecular weight is 392 g/mol. The highest BCUT2D eigenvalue weighted by atomic mass is 16.5. The van der Waals surface area contributed by atoms with Crippen LogP contribution in [0, 0.1) is 0 Å². The summed E-state index contributed by atoms with van der Waals surface area (Å²) in [6, 6.07) is 14.1. The molecule has 150 valence electrons. The number of Topliss-reactive ketones (excluding diaryl/α,β-unsaturated/α-hetero) is 1. The molecule has 0 saturated heterocycles. The van der Waals surface area contributed by atoms with Crippen LogP contribution >= 0.6 is 0 Å². The minimum atomic E-state index is -0.729. The molecular weight excluding hydrogens is 368 g/mol. The molecule has 0 radical (unpaired) electrons. The molecule has 0 spiro atoms. The van der Waals surface area contributed by atoms with Crippen molar-refractivity contribution in [2.45, 2.75) is 39.7 Å². The molecule has 0 aliphatic heterocycles. The number of hydrogen-bond acceptors (Lipinski definition) is 5. The molecule has 0 unspecified atom stereocenters. The van der Waals surface area contributed by atoms with E-state index in [1.54, 1.807) is 43.3 Å². The second kappa shape index (κ2) is 8.82. The van der Waals surface area contributed by atoms with Gasteiger partial charge in [-0.2, -0.15) is 5.10 Å². The predicted molar refractivity (Wildman–Crippen MR) is 111 cm³/mol. The summed E-state index contributed by atoms with van der Waals surface area (Å²) >= 11 is 0. The Balaban J connectivity index is 1.78. The molecule has 3 rings (SSSR count). The molecule has 6 heteroatoms. The largest absolute Gasteiger partial charge is 0.452 e. The molecule has 0 aliphatic rings. The summed E-state index contributed by atoms with van der Waals surface area (Å²) in [4.78, 5) is 37.4. The van der Waals surface area contributed by atoms with E-state index < -0.39 is 5.97 Å². The van der Waals surface area contributed by atoms with Gasteiger partial charge in [0, 0.05) is 17.5 Å². The third kappa shape index (κ3) is 4.26. The van der Waals surface area contributed by atoms with Gasteiger partial charge in [0.1, 0.15) is 0 Å². The van der Waals surface area contributed by atoms with Gasteiger partial charge in [-0.15, -0.1) is 0 Å². The molecule has 2 aromatic carbocycles. The lowest BCUT2D eigenvalue weighted by atomic mass is 9.97. The van der Waals surface area contributed by atoms with Crippen molar-refractivity contribution in [1.82, 2.24) is 9.78 Å². The van der Waals surface area contributed by atoms with Crippen molar-refractivity contribution in [3.05, 3.63) is 75.7 Å². The number of aromatic nitrogens is 2. The fourth-order valence-corrected chi connectivity index (χ4v) is 3.12. The summed E-state index contributed by atoms with van der Waals surface area (Å²) in [6.45, 7) is 5.95. The lowest BCUT2D eigenvalue weighted by molar-refractivity contribution is 0.0468. The Labute approximate surface area is 169 Å². The van der Waals surface area contributed by atoms with E-state index >= 15 is 0 Å². The smallest absolute Gasteiger partial charge is 0.359 e. The van der Waals surface area contributed by atoms with E-state index in [1.165, 1.54) is 10.2 Å². The Kier molecular flexibility index (Phi) is 6.22. The van der Waals surface area contributed by atoms with Gasteiger partial charge in [-0.25, -0.2) is 9.48 Å². The van der Waals surface area contributed by atoms with Crippen LogP contribution in [0.1, 0.15) is 59.5 Å². The molecule has 0 N–H and O–H groups in total. The second-order valence-electron chi connectivity index (χ2n) is 6.95. The number of ketones is 1. The standard InChI is InChI=1S/C23H24N2O4/c1-4-15(3)16-10-12-17(13-11-16)20(26)14-29-23(28)21-18-8-6-7-9-19(18)22(27)25(5-2)24-21/h6-13,15H,4-5,14H2,1-3H3/t15-/m0/s1. The van der Waals surface area contributed by atoms with E-state index in [1.807, 2.05) is 12.1 Å². The van der Waals surface area contributed by atoms with Gasteiger partial charge >= 0.3 is 5.97 Å². The Morgan fingerprint density at radius 1 is 1.03 bits per heavy atom. The van der Waals surface area contributed by atoms with Crippen LogP contribution in [0.2, 0.25) is 0 Å². The van der Waals surface area contributed by atoms with Gasteiger partial charge < -0.3 is 4.74 Å². The first-order valence-electron chi connectivity index (χ1n) is 9.76. The summed E-state index contributed by atoms with van der Waals surface area (Å²) in [6.07, 6.45) is 1.02. The number of carbonyl (C=O) groups is 2. The van der Waals surface area contributed by atoms with Gasteiger partial charge in [0.25, 0.3) is 5.56 Å². The van der Waals surface area contributed by atoms with Crippen LogP contribution in [0.15, 0.2) is 53.3 Å². The van der Waals surface area contributed by atoms with Crippen LogP contribution in [-0.2, 0) is 11.3 Å². The van der Waals surface area contributed by atoms with Crippen LogP contribution in [-0.4, -0.2) is 28.1 Å². The molecule has 0 bridgehead atoms. The summed E-state index contributed by atoms with van der Waals surface area (Å²) < 4.78 is 6.44. The average Bonchev–Trinajstić information content (AvgIpc) is 2.77. The number of esters is 1. The minimum Gasteiger partial charge on any atom is -0.452 e. The van der Waals surface area contributed by atoms with Crippen molar-refractivity contribution >= 4 is 22.5 Å². The molecule has 0 saturated carbocycles. The van der Waals surface area contributed by atoms with Gasteiger partial charge in [0.05, 0.1) is 5.39 Å². The lowest BCUT2D eigenvalue weighted by Gasteiger charge is -2.10. The maximum Gasteiger partial charge on any atom is 0.359 e. The molecule has 0 amide bonds. The molecule has 0 fully saturated rings. The molecule has 3 aromatic rings. The quantitative estimate of drug-likeness (QED) is 0.449. The van der Waals surface area contributed by atoms with Crippen molar-refractivity contribution in [2.75, 3.05) is 6.61 Å². The van der Waals surface area contributed by atoms with Crippen molar-refractivity contribution in [3.8, 4) is 0 Å². The third-order valence-corrected chi connectivity index (χ3v) is 5.11. The Morgan fingerprint density at radius 2 is 1.69 bits per heavy atom.